The zero-order valence-electron chi connectivity index (χ0n) is 9.41. The average molecular weight is 215 g/mol. The largest absolute Gasteiger partial charge is 0.396 e. The fraction of sp³-hybridized carbons (Fsp3) is 1.00. The molecule has 15 heavy (non-hydrogen) atoms. The molecule has 0 amide bonds. The number of likely N-dealkylation sites (N-methyl/N-ethyl adjacent to an activating group) is 1. The summed E-state index contributed by atoms with van der Waals surface area (Å²) in [4.78, 5) is 2.13. The van der Waals surface area contributed by atoms with Crippen molar-refractivity contribution in [1.29, 1.82) is 0 Å². The van der Waals surface area contributed by atoms with Crippen LogP contribution in [0.25, 0.3) is 0 Å². The van der Waals surface area contributed by atoms with Gasteiger partial charge in [-0.1, -0.05) is 0 Å². The van der Waals surface area contributed by atoms with Crippen molar-refractivity contribution in [3.8, 4) is 0 Å². The lowest BCUT2D eigenvalue weighted by molar-refractivity contribution is -0.146. The summed E-state index contributed by atoms with van der Waals surface area (Å²) in [6.45, 7) is 2.98. The fourth-order valence-electron chi connectivity index (χ4n) is 2.95. The van der Waals surface area contributed by atoms with Crippen LogP contribution in [0.3, 0.4) is 0 Å². The number of ether oxygens (including phenoxy) is 1. The number of likely N-dealkylation sites (tertiary alicyclic amines) is 1. The third kappa shape index (κ3) is 1.80. The smallest absolute Gasteiger partial charge is 0.0865 e. The molecule has 2 N–H and O–H groups in total. The fourth-order valence-corrected chi connectivity index (χ4v) is 2.95. The van der Waals surface area contributed by atoms with Crippen molar-refractivity contribution in [1.82, 2.24) is 4.90 Å². The van der Waals surface area contributed by atoms with Crippen LogP contribution >= 0.6 is 0 Å². The second-order valence-corrected chi connectivity index (χ2v) is 5.07. The van der Waals surface area contributed by atoms with Gasteiger partial charge in [0.25, 0.3) is 0 Å². The molecule has 4 nitrogen and oxygen atoms in total. The molecule has 0 aliphatic carbocycles. The minimum absolute atomic E-state index is 0.0701. The first kappa shape index (κ1) is 11.3. The van der Waals surface area contributed by atoms with Crippen molar-refractivity contribution in [2.75, 3.05) is 40.0 Å². The Morgan fingerprint density at radius 3 is 2.40 bits per heavy atom. The normalized spacial score (nSPS) is 37.0. The molecule has 4 heteroatoms. The first-order chi connectivity index (χ1) is 7.12. The highest BCUT2D eigenvalue weighted by molar-refractivity contribution is 5.04. The number of β-amino-alcohol motifs (C(OH)–C–C–N with tert-alkyl or cyclic N) is 1. The van der Waals surface area contributed by atoms with E-state index in [1.165, 1.54) is 0 Å². The quantitative estimate of drug-likeness (QED) is 0.672. The maximum Gasteiger partial charge on any atom is 0.0865 e. The summed E-state index contributed by atoms with van der Waals surface area (Å²) < 4.78 is 5.32. The lowest BCUT2D eigenvalue weighted by Crippen LogP contribution is -2.54. The Morgan fingerprint density at radius 1 is 1.27 bits per heavy atom. The highest BCUT2D eigenvalue weighted by Gasteiger charge is 2.53. The van der Waals surface area contributed by atoms with E-state index in [1.54, 1.807) is 0 Å². The van der Waals surface area contributed by atoms with Gasteiger partial charge in [-0.2, -0.15) is 0 Å². The van der Waals surface area contributed by atoms with Crippen LogP contribution in [0.4, 0.5) is 0 Å². The predicted octanol–water partition coefficient (Wildman–Crippen LogP) is -0.158. The second kappa shape index (κ2) is 4.01. The van der Waals surface area contributed by atoms with Crippen LogP contribution in [-0.4, -0.2) is 60.7 Å². The van der Waals surface area contributed by atoms with E-state index in [-0.39, 0.29) is 12.0 Å². The van der Waals surface area contributed by atoms with Gasteiger partial charge in [0, 0.05) is 31.7 Å². The molecule has 2 aliphatic heterocycles. The van der Waals surface area contributed by atoms with E-state index < -0.39 is 5.60 Å². The van der Waals surface area contributed by atoms with Crippen molar-refractivity contribution >= 4 is 0 Å². The highest BCUT2D eigenvalue weighted by Crippen LogP contribution is 2.45. The first-order valence-corrected chi connectivity index (χ1v) is 5.71. The van der Waals surface area contributed by atoms with Gasteiger partial charge in [0.15, 0.2) is 0 Å². The van der Waals surface area contributed by atoms with Crippen molar-refractivity contribution < 1.29 is 14.9 Å². The summed E-state index contributed by atoms with van der Waals surface area (Å²) in [5.74, 6) is 0. The number of hydrogen-bond donors (Lipinski definition) is 2. The SMILES string of the molecule is CN1CCC(O)(C2(CO)CCOCC2)C1. The molecule has 2 rings (SSSR count). The Bertz CT molecular complexity index is 228. The Kier molecular flexibility index (Phi) is 3.03. The van der Waals surface area contributed by atoms with Gasteiger partial charge in [0.2, 0.25) is 0 Å². The highest BCUT2D eigenvalue weighted by atomic mass is 16.5. The summed E-state index contributed by atoms with van der Waals surface area (Å²) in [7, 11) is 2.02. The van der Waals surface area contributed by atoms with Gasteiger partial charge in [-0.25, -0.2) is 0 Å². The number of rotatable bonds is 2. The van der Waals surface area contributed by atoms with Crippen molar-refractivity contribution in [3.05, 3.63) is 0 Å². The van der Waals surface area contributed by atoms with E-state index in [0.29, 0.717) is 19.8 Å². The number of aliphatic hydroxyl groups is 2. The molecule has 0 bridgehead atoms. The molecule has 0 saturated carbocycles. The van der Waals surface area contributed by atoms with E-state index >= 15 is 0 Å². The monoisotopic (exact) mass is 215 g/mol. The summed E-state index contributed by atoms with van der Waals surface area (Å²) in [5, 5.41) is 20.3. The topological polar surface area (TPSA) is 52.9 Å². The molecule has 0 spiro atoms. The summed E-state index contributed by atoms with van der Waals surface area (Å²) in [6, 6.07) is 0. The van der Waals surface area contributed by atoms with E-state index in [9.17, 15) is 10.2 Å². The third-order valence-electron chi connectivity index (χ3n) is 4.18. The van der Waals surface area contributed by atoms with Gasteiger partial charge in [-0.15, -0.1) is 0 Å². The number of aliphatic hydroxyl groups excluding tert-OH is 1. The van der Waals surface area contributed by atoms with Crippen LogP contribution in [-0.2, 0) is 4.74 Å². The van der Waals surface area contributed by atoms with Gasteiger partial charge in [-0.05, 0) is 26.3 Å². The van der Waals surface area contributed by atoms with Crippen LogP contribution in [0.5, 0.6) is 0 Å². The summed E-state index contributed by atoms with van der Waals surface area (Å²) in [6.07, 6.45) is 2.31. The lowest BCUT2D eigenvalue weighted by atomic mass is 9.66. The van der Waals surface area contributed by atoms with Gasteiger partial charge in [0.1, 0.15) is 0 Å². The molecule has 1 unspecified atom stereocenters. The van der Waals surface area contributed by atoms with Gasteiger partial charge >= 0.3 is 0 Å². The molecule has 0 radical (unpaired) electrons. The van der Waals surface area contributed by atoms with Gasteiger partial charge in [0.05, 0.1) is 12.2 Å². The van der Waals surface area contributed by atoms with E-state index in [0.717, 1.165) is 25.8 Å². The standard InChI is InChI=1S/C11H21NO3/c1-12-5-2-11(14,8-12)10(9-13)3-6-15-7-4-10/h13-14H,2-9H2,1H3. The van der Waals surface area contributed by atoms with Crippen molar-refractivity contribution in [2.45, 2.75) is 24.9 Å². The Labute approximate surface area is 90.8 Å². The Hall–Kier alpha value is -0.160. The molecule has 2 saturated heterocycles. The summed E-state index contributed by atoms with van der Waals surface area (Å²) >= 11 is 0. The van der Waals surface area contributed by atoms with Gasteiger partial charge < -0.3 is 19.8 Å². The zero-order chi connectivity index (χ0) is 10.9. The molecular formula is C11H21NO3. The van der Waals surface area contributed by atoms with E-state index in [1.807, 2.05) is 7.05 Å². The average Bonchev–Trinajstić information content (AvgIpc) is 2.61. The minimum Gasteiger partial charge on any atom is -0.396 e. The predicted molar refractivity (Wildman–Crippen MR) is 56.6 cm³/mol. The van der Waals surface area contributed by atoms with Crippen LogP contribution in [0.15, 0.2) is 0 Å². The number of hydrogen-bond acceptors (Lipinski definition) is 4. The Morgan fingerprint density at radius 2 is 1.93 bits per heavy atom. The second-order valence-electron chi connectivity index (χ2n) is 5.07. The molecule has 88 valence electrons. The van der Waals surface area contributed by atoms with E-state index in [2.05, 4.69) is 4.90 Å². The maximum absolute atomic E-state index is 10.7. The van der Waals surface area contributed by atoms with E-state index in [4.69, 9.17) is 4.74 Å². The molecule has 0 aromatic heterocycles. The van der Waals surface area contributed by atoms with Crippen LogP contribution in [0.2, 0.25) is 0 Å². The lowest BCUT2D eigenvalue weighted by Gasteiger charge is -2.46. The molecule has 2 fully saturated rings. The van der Waals surface area contributed by atoms with Crippen molar-refractivity contribution in [2.24, 2.45) is 5.41 Å². The molecule has 2 heterocycles. The third-order valence-corrected chi connectivity index (χ3v) is 4.18. The van der Waals surface area contributed by atoms with Crippen molar-refractivity contribution in [3.63, 3.8) is 0 Å². The maximum atomic E-state index is 10.7. The molecule has 2 aliphatic rings. The molecule has 1 atom stereocenters. The zero-order valence-corrected chi connectivity index (χ0v) is 9.41. The Balaban J connectivity index is 2.17. The first-order valence-electron chi connectivity index (χ1n) is 5.71. The number of nitrogens with zero attached hydrogens (tertiary/aromatic N) is 1. The van der Waals surface area contributed by atoms with Crippen LogP contribution in [0.1, 0.15) is 19.3 Å². The minimum atomic E-state index is -0.722. The molecular weight excluding hydrogens is 194 g/mol. The molecule has 0 aromatic carbocycles. The molecule has 0 aromatic rings. The van der Waals surface area contributed by atoms with Gasteiger partial charge in [-0.3, -0.25) is 0 Å². The summed E-state index contributed by atoms with van der Waals surface area (Å²) in [5.41, 5.74) is -1.06. The van der Waals surface area contributed by atoms with Crippen LogP contribution in [0, 0.1) is 5.41 Å². The van der Waals surface area contributed by atoms with Crippen LogP contribution < -0.4 is 0 Å².